The first-order chi connectivity index (χ1) is 10.0. The number of phenolic OH excluding ortho intramolecular Hbond substituents is 1. The summed E-state index contributed by atoms with van der Waals surface area (Å²) in [5.41, 5.74) is 2.20. The molecule has 0 fully saturated rings. The van der Waals surface area contributed by atoms with E-state index in [1.807, 2.05) is 25.1 Å². The number of phenols is 1. The number of rotatable bonds is 2. The van der Waals surface area contributed by atoms with Crippen molar-refractivity contribution in [2.45, 2.75) is 6.92 Å². The van der Waals surface area contributed by atoms with Gasteiger partial charge in [-0.3, -0.25) is 4.79 Å². The molecule has 3 aromatic rings. The monoisotopic (exact) mass is 301 g/mol. The Hall–Kier alpha value is -2.46. The second-order valence-corrected chi connectivity index (χ2v) is 5.18. The molecule has 1 aromatic heterocycles. The number of hydrogen-bond donors (Lipinski definition) is 2. The first-order valence-electron chi connectivity index (χ1n) is 6.33. The summed E-state index contributed by atoms with van der Waals surface area (Å²) in [6.45, 7) is 1.97. The summed E-state index contributed by atoms with van der Waals surface area (Å²) in [6.07, 6.45) is 0. The lowest BCUT2D eigenvalue weighted by atomic mass is 10.2. The second-order valence-electron chi connectivity index (χ2n) is 4.77. The summed E-state index contributed by atoms with van der Waals surface area (Å²) in [7, 11) is 0. The third-order valence-electron chi connectivity index (χ3n) is 3.10. The number of amides is 1. The van der Waals surface area contributed by atoms with Crippen molar-refractivity contribution in [3.63, 3.8) is 0 Å². The maximum Gasteiger partial charge on any atom is 0.291 e. The topological polar surface area (TPSA) is 62.5 Å². The van der Waals surface area contributed by atoms with Gasteiger partial charge < -0.3 is 14.8 Å². The van der Waals surface area contributed by atoms with Crippen molar-refractivity contribution in [1.82, 2.24) is 0 Å². The summed E-state index contributed by atoms with van der Waals surface area (Å²) in [5.74, 6) is -0.259. The molecule has 1 amide bonds. The molecule has 3 rings (SSSR count). The van der Waals surface area contributed by atoms with Crippen LogP contribution in [0, 0.1) is 6.92 Å². The van der Waals surface area contributed by atoms with Gasteiger partial charge in [-0.15, -0.1) is 0 Å². The zero-order valence-corrected chi connectivity index (χ0v) is 11.9. The Morgan fingerprint density at radius 1 is 1.19 bits per heavy atom. The van der Waals surface area contributed by atoms with Crippen LogP contribution in [0.4, 0.5) is 5.69 Å². The highest BCUT2D eigenvalue weighted by atomic mass is 35.5. The van der Waals surface area contributed by atoms with E-state index in [2.05, 4.69) is 5.32 Å². The van der Waals surface area contributed by atoms with Crippen LogP contribution in [0.5, 0.6) is 5.75 Å². The minimum absolute atomic E-state index is 0.0882. The third-order valence-corrected chi connectivity index (χ3v) is 3.42. The summed E-state index contributed by atoms with van der Waals surface area (Å²) < 4.78 is 5.51. The van der Waals surface area contributed by atoms with Gasteiger partial charge in [0.25, 0.3) is 5.91 Å². The number of aromatic hydroxyl groups is 1. The number of hydrogen-bond acceptors (Lipinski definition) is 3. The lowest BCUT2D eigenvalue weighted by Gasteiger charge is -2.04. The van der Waals surface area contributed by atoms with Crippen molar-refractivity contribution < 1.29 is 14.3 Å². The molecule has 2 aromatic carbocycles. The third kappa shape index (κ3) is 2.71. The van der Waals surface area contributed by atoms with Gasteiger partial charge in [0, 0.05) is 17.1 Å². The van der Waals surface area contributed by atoms with Crippen molar-refractivity contribution in [2.75, 3.05) is 5.32 Å². The van der Waals surface area contributed by atoms with Crippen LogP contribution in [0.2, 0.25) is 5.02 Å². The molecule has 0 bridgehead atoms. The molecule has 21 heavy (non-hydrogen) atoms. The van der Waals surface area contributed by atoms with Crippen LogP contribution >= 0.6 is 11.6 Å². The van der Waals surface area contributed by atoms with Crippen LogP contribution in [0.25, 0.3) is 11.0 Å². The van der Waals surface area contributed by atoms with Crippen LogP contribution < -0.4 is 5.32 Å². The molecule has 5 heteroatoms. The fourth-order valence-electron chi connectivity index (χ4n) is 2.06. The fourth-order valence-corrected chi connectivity index (χ4v) is 2.18. The maximum atomic E-state index is 12.1. The molecular weight excluding hydrogens is 290 g/mol. The Morgan fingerprint density at radius 2 is 2.00 bits per heavy atom. The van der Waals surface area contributed by atoms with Crippen molar-refractivity contribution in [1.29, 1.82) is 0 Å². The van der Waals surface area contributed by atoms with Crippen molar-refractivity contribution in [2.24, 2.45) is 0 Å². The molecule has 106 valence electrons. The molecule has 4 nitrogen and oxygen atoms in total. The smallest absolute Gasteiger partial charge is 0.291 e. The van der Waals surface area contributed by atoms with E-state index >= 15 is 0 Å². The zero-order chi connectivity index (χ0) is 15.0. The minimum Gasteiger partial charge on any atom is -0.506 e. The first-order valence-corrected chi connectivity index (χ1v) is 6.71. The molecule has 0 atom stereocenters. The quantitative estimate of drug-likeness (QED) is 0.739. The minimum atomic E-state index is -0.384. The molecule has 0 aliphatic rings. The molecule has 0 saturated heterocycles. The zero-order valence-electron chi connectivity index (χ0n) is 11.2. The van der Waals surface area contributed by atoms with E-state index < -0.39 is 0 Å². The van der Waals surface area contributed by atoms with Gasteiger partial charge in [0.05, 0.1) is 5.02 Å². The molecule has 1 heterocycles. The molecule has 0 spiro atoms. The average Bonchev–Trinajstić information content (AvgIpc) is 2.86. The highest BCUT2D eigenvalue weighted by Gasteiger charge is 2.13. The highest BCUT2D eigenvalue weighted by Crippen LogP contribution is 2.27. The molecule has 0 aliphatic carbocycles. The molecular formula is C16H12ClNO3. The Labute approximate surface area is 126 Å². The highest BCUT2D eigenvalue weighted by molar-refractivity contribution is 6.32. The number of carbonyl (C=O) groups is 1. The lowest BCUT2D eigenvalue weighted by molar-refractivity contribution is 0.0998. The van der Waals surface area contributed by atoms with Gasteiger partial charge in [-0.2, -0.15) is 0 Å². The van der Waals surface area contributed by atoms with Crippen LogP contribution in [0.1, 0.15) is 16.1 Å². The average molecular weight is 302 g/mol. The number of furan rings is 1. The Balaban J connectivity index is 1.87. The molecule has 0 unspecified atom stereocenters. The lowest BCUT2D eigenvalue weighted by Crippen LogP contribution is -2.10. The van der Waals surface area contributed by atoms with E-state index in [1.54, 1.807) is 12.1 Å². The largest absolute Gasteiger partial charge is 0.506 e. The van der Waals surface area contributed by atoms with Crippen LogP contribution in [-0.4, -0.2) is 11.0 Å². The van der Waals surface area contributed by atoms with E-state index in [-0.39, 0.29) is 22.4 Å². The molecule has 0 aliphatic heterocycles. The number of anilines is 1. The van der Waals surface area contributed by atoms with Gasteiger partial charge in [-0.25, -0.2) is 0 Å². The molecule has 0 radical (unpaired) electrons. The normalized spacial score (nSPS) is 10.8. The van der Waals surface area contributed by atoms with Crippen LogP contribution in [0.15, 0.2) is 46.9 Å². The molecule has 2 N–H and O–H groups in total. The Morgan fingerprint density at radius 3 is 2.76 bits per heavy atom. The number of halogens is 1. The first kappa shape index (κ1) is 13.5. The number of nitrogens with one attached hydrogen (secondary N) is 1. The fraction of sp³-hybridized carbons (Fsp3) is 0.0625. The van der Waals surface area contributed by atoms with E-state index in [0.717, 1.165) is 10.9 Å². The Bertz CT molecular complexity index is 839. The summed E-state index contributed by atoms with van der Waals surface area (Å²) in [4.78, 5) is 12.1. The van der Waals surface area contributed by atoms with Crippen molar-refractivity contribution in [3.05, 3.63) is 58.8 Å². The number of aryl methyl sites for hydroxylation is 1. The maximum absolute atomic E-state index is 12.1. The summed E-state index contributed by atoms with van der Waals surface area (Å²) in [6, 6.07) is 11.9. The van der Waals surface area contributed by atoms with Crippen molar-refractivity contribution >= 4 is 34.2 Å². The van der Waals surface area contributed by atoms with Gasteiger partial charge in [0.2, 0.25) is 0 Å². The van der Waals surface area contributed by atoms with Gasteiger partial charge in [0.1, 0.15) is 11.3 Å². The standard InChI is InChI=1S/C16H12ClNO3/c1-9-2-5-14-10(6-9)7-15(21-14)16(20)18-11-3-4-12(17)13(19)8-11/h2-8,19H,1H3,(H,18,20). The molecule has 0 saturated carbocycles. The van der Waals surface area contributed by atoms with E-state index in [9.17, 15) is 9.90 Å². The van der Waals surface area contributed by atoms with Crippen LogP contribution in [-0.2, 0) is 0 Å². The van der Waals surface area contributed by atoms with Crippen LogP contribution in [0.3, 0.4) is 0 Å². The van der Waals surface area contributed by atoms with Gasteiger partial charge in [0.15, 0.2) is 5.76 Å². The predicted molar refractivity (Wildman–Crippen MR) is 82.0 cm³/mol. The SMILES string of the molecule is Cc1ccc2oc(C(=O)Nc3ccc(Cl)c(O)c3)cc2c1. The van der Waals surface area contributed by atoms with Gasteiger partial charge >= 0.3 is 0 Å². The van der Waals surface area contributed by atoms with E-state index in [4.69, 9.17) is 16.0 Å². The van der Waals surface area contributed by atoms with Gasteiger partial charge in [-0.05, 0) is 37.3 Å². The summed E-state index contributed by atoms with van der Waals surface area (Å²) in [5, 5.41) is 13.3. The number of carbonyl (C=O) groups excluding carboxylic acids is 1. The summed E-state index contributed by atoms with van der Waals surface area (Å²) >= 11 is 5.72. The van der Waals surface area contributed by atoms with Crippen molar-refractivity contribution in [3.8, 4) is 5.75 Å². The number of benzene rings is 2. The second kappa shape index (κ2) is 5.14. The number of fused-ring (bicyclic) bond motifs is 1. The Kier molecular flexibility index (Phi) is 3.31. The predicted octanol–water partition coefficient (Wildman–Crippen LogP) is 4.35. The van der Waals surface area contributed by atoms with E-state index in [0.29, 0.717) is 11.3 Å². The van der Waals surface area contributed by atoms with Gasteiger partial charge in [-0.1, -0.05) is 23.2 Å². The van der Waals surface area contributed by atoms with E-state index in [1.165, 1.54) is 12.1 Å².